The standard InChI is InChI=1S/C18H16N4O2/c1-24-18(23)14-9-5-6-10-15(14)22-17-11-16(19-12-20-17)21-13-7-3-2-4-8-13/h2-12H,1H3,(H2,19,20,21,22). The Labute approximate surface area is 139 Å². The van der Waals surface area contributed by atoms with Crippen molar-refractivity contribution in [3.63, 3.8) is 0 Å². The molecule has 0 radical (unpaired) electrons. The fraction of sp³-hybridized carbons (Fsp3) is 0.0556. The van der Waals surface area contributed by atoms with Crippen LogP contribution in [0.1, 0.15) is 10.4 Å². The number of carbonyl (C=O) groups is 1. The summed E-state index contributed by atoms with van der Waals surface area (Å²) in [6.45, 7) is 0. The quantitative estimate of drug-likeness (QED) is 0.697. The molecule has 24 heavy (non-hydrogen) atoms. The number of carbonyl (C=O) groups excluding carboxylic acids is 1. The van der Waals surface area contributed by atoms with Gasteiger partial charge in [-0.25, -0.2) is 14.8 Å². The highest BCUT2D eigenvalue weighted by Crippen LogP contribution is 2.22. The van der Waals surface area contributed by atoms with E-state index >= 15 is 0 Å². The Morgan fingerprint density at radius 2 is 1.58 bits per heavy atom. The second-order valence-corrected chi connectivity index (χ2v) is 4.94. The normalized spacial score (nSPS) is 10.0. The molecule has 1 aromatic heterocycles. The number of esters is 1. The van der Waals surface area contributed by atoms with Crippen molar-refractivity contribution < 1.29 is 9.53 Å². The maximum absolute atomic E-state index is 11.8. The van der Waals surface area contributed by atoms with Crippen LogP contribution in [0, 0.1) is 0 Å². The lowest BCUT2D eigenvalue weighted by atomic mass is 10.2. The van der Waals surface area contributed by atoms with Gasteiger partial charge in [0.1, 0.15) is 18.0 Å². The van der Waals surface area contributed by atoms with E-state index in [0.29, 0.717) is 22.9 Å². The SMILES string of the molecule is COC(=O)c1ccccc1Nc1cc(Nc2ccccc2)ncn1. The Hall–Kier alpha value is -3.41. The van der Waals surface area contributed by atoms with E-state index in [1.807, 2.05) is 36.4 Å². The van der Waals surface area contributed by atoms with Gasteiger partial charge in [-0.15, -0.1) is 0 Å². The van der Waals surface area contributed by atoms with Crippen LogP contribution in [0.5, 0.6) is 0 Å². The lowest BCUT2D eigenvalue weighted by Gasteiger charge is -2.11. The van der Waals surface area contributed by atoms with Crippen LogP contribution in [0.15, 0.2) is 67.0 Å². The van der Waals surface area contributed by atoms with Gasteiger partial charge < -0.3 is 15.4 Å². The monoisotopic (exact) mass is 320 g/mol. The number of aromatic nitrogens is 2. The summed E-state index contributed by atoms with van der Waals surface area (Å²) < 4.78 is 4.79. The van der Waals surface area contributed by atoms with Gasteiger partial charge in [0.15, 0.2) is 0 Å². The summed E-state index contributed by atoms with van der Waals surface area (Å²) >= 11 is 0. The first-order chi connectivity index (χ1) is 11.8. The molecule has 120 valence electrons. The van der Waals surface area contributed by atoms with Crippen molar-refractivity contribution in [2.45, 2.75) is 0 Å². The number of rotatable bonds is 5. The van der Waals surface area contributed by atoms with Crippen LogP contribution in [0.25, 0.3) is 0 Å². The van der Waals surface area contributed by atoms with Crippen molar-refractivity contribution in [3.05, 3.63) is 72.6 Å². The molecule has 0 bridgehead atoms. The number of para-hydroxylation sites is 2. The zero-order chi connectivity index (χ0) is 16.8. The summed E-state index contributed by atoms with van der Waals surface area (Å²) in [5.41, 5.74) is 1.99. The third kappa shape index (κ3) is 3.67. The van der Waals surface area contributed by atoms with Gasteiger partial charge in [-0.1, -0.05) is 30.3 Å². The highest BCUT2D eigenvalue weighted by molar-refractivity contribution is 5.96. The molecule has 0 aliphatic rings. The van der Waals surface area contributed by atoms with Gasteiger partial charge >= 0.3 is 5.97 Å². The van der Waals surface area contributed by atoms with Gasteiger partial charge in [0.25, 0.3) is 0 Å². The second-order valence-electron chi connectivity index (χ2n) is 4.94. The topological polar surface area (TPSA) is 76.1 Å². The fourth-order valence-electron chi connectivity index (χ4n) is 2.18. The van der Waals surface area contributed by atoms with E-state index in [-0.39, 0.29) is 0 Å². The zero-order valence-electron chi connectivity index (χ0n) is 13.1. The van der Waals surface area contributed by atoms with E-state index in [2.05, 4.69) is 20.6 Å². The average Bonchev–Trinajstić information content (AvgIpc) is 2.63. The first-order valence-electron chi connectivity index (χ1n) is 7.35. The molecule has 6 heteroatoms. The lowest BCUT2D eigenvalue weighted by Crippen LogP contribution is -2.06. The maximum atomic E-state index is 11.8. The Morgan fingerprint density at radius 1 is 0.917 bits per heavy atom. The van der Waals surface area contributed by atoms with Crippen molar-refractivity contribution in [3.8, 4) is 0 Å². The number of anilines is 4. The van der Waals surface area contributed by atoms with Crippen LogP contribution in [-0.4, -0.2) is 23.0 Å². The van der Waals surface area contributed by atoms with Crippen LogP contribution in [0.3, 0.4) is 0 Å². The van der Waals surface area contributed by atoms with E-state index < -0.39 is 5.97 Å². The number of methoxy groups -OCH3 is 1. The molecule has 1 heterocycles. The molecule has 0 saturated carbocycles. The number of ether oxygens (including phenoxy) is 1. The van der Waals surface area contributed by atoms with Gasteiger partial charge in [-0.3, -0.25) is 0 Å². The molecule has 0 spiro atoms. The molecule has 2 N–H and O–H groups in total. The number of hydrogen-bond donors (Lipinski definition) is 2. The summed E-state index contributed by atoms with van der Waals surface area (Å²) in [6.07, 6.45) is 1.45. The van der Waals surface area contributed by atoms with Gasteiger partial charge in [0.2, 0.25) is 0 Å². The molecule has 0 atom stereocenters. The predicted octanol–water partition coefficient (Wildman–Crippen LogP) is 3.75. The maximum Gasteiger partial charge on any atom is 0.339 e. The van der Waals surface area contributed by atoms with Crippen molar-refractivity contribution in [2.24, 2.45) is 0 Å². The third-order valence-corrected chi connectivity index (χ3v) is 3.31. The van der Waals surface area contributed by atoms with Crippen LogP contribution in [0.2, 0.25) is 0 Å². The first-order valence-corrected chi connectivity index (χ1v) is 7.35. The van der Waals surface area contributed by atoms with E-state index in [0.717, 1.165) is 5.69 Å². The third-order valence-electron chi connectivity index (χ3n) is 3.31. The molecule has 0 saturated heterocycles. The molecular weight excluding hydrogens is 304 g/mol. The van der Waals surface area contributed by atoms with Gasteiger partial charge in [0.05, 0.1) is 18.4 Å². The zero-order valence-corrected chi connectivity index (χ0v) is 13.1. The molecular formula is C18H16N4O2. The van der Waals surface area contributed by atoms with Gasteiger partial charge in [-0.2, -0.15) is 0 Å². The largest absolute Gasteiger partial charge is 0.465 e. The number of nitrogens with zero attached hydrogens (tertiary/aromatic N) is 2. The van der Waals surface area contributed by atoms with Gasteiger partial charge in [-0.05, 0) is 24.3 Å². The van der Waals surface area contributed by atoms with E-state index in [4.69, 9.17) is 4.74 Å². The minimum Gasteiger partial charge on any atom is -0.465 e. The minimum absolute atomic E-state index is 0.408. The van der Waals surface area contributed by atoms with Crippen molar-refractivity contribution in [1.82, 2.24) is 9.97 Å². The number of hydrogen-bond acceptors (Lipinski definition) is 6. The Kier molecular flexibility index (Phi) is 4.67. The molecule has 3 rings (SSSR count). The summed E-state index contributed by atoms with van der Waals surface area (Å²) in [5.74, 6) is 0.809. The van der Waals surface area contributed by atoms with E-state index in [1.165, 1.54) is 13.4 Å². The number of benzene rings is 2. The molecule has 0 aliphatic heterocycles. The summed E-state index contributed by atoms with van der Waals surface area (Å²) in [4.78, 5) is 20.2. The van der Waals surface area contributed by atoms with Crippen molar-refractivity contribution >= 4 is 29.0 Å². The highest BCUT2D eigenvalue weighted by Gasteiger charge is 2.11. The molecule has 6 nitrogen and oxygen atoms in total. The first kappa shape index (κ1) is 15.5. The Morgan fingerprint density at radius 3 is 2.33 bits per heavy atom. The smallest absolute Gasteiger partial charge is 0.339 e. The fourth-order valence-corrected chi connectivity index (χ4v) is 2.18. The second kappa shape index (κ2) is 7.23. The predicted molar refractivity (Wildman–Crippen MR) is 92.8 cm³/mol. The molecule has 0 amide bonds. The molecule has 0 fully saturated rings. The highest BCUT2D eigenvalue weighted by atomic mass is 16.5. The number of nitrogens with one attached hydrogen (secondary N) is 2. The van der Waals surface area contributed by atoms with Crippen molar-refractivity contribution in [1.29, 1.82) is 0 Å². The molecule has 0 aliphatic carbocycles. The Bertz CT molecular complexity index is 837. The van der Waals surface area contributed by atoms with Crippen molar-refractivity contribution in [2.75, 3.05) is 17.7 Å². The van der Waals surface area contributed by atoms with Crippen LogP contribution >= 0.6 is 0 Å². The average molecular weight is 320 g/mol. The summed E-state index contributed by atoms with van der Waals surface area (Å²) in [7, 11) is 1.35. The lowest BCUT2D eigenvalue weighted by molar-refractivity contribution is 0.0602. The van der Waals surface area contributed by atoms with Crippen LogP contribution in [-0.2, 0) is 4.74 Å². The van der Waals surface area contributed by atoms with Crippen LogP contribution < -0.4 is 10.6 Å². The molecule has 2 aromatic carbocycles. The van der Waals surface area contributed by atoms with E-state index in [1.54, 1.807) is 24.3 Å². The summed E-state index contributed by atoms with van der Waals surface area (Å²) in [6, 6.07) is 18.6. The Balaban J connectivity index is 1.82. The van der Waals surface area contributed by atoms with E-state index in [9.17, 15) is 4.79 Å². The van der Waals surface area contributed by atoms with Gasteiger partial charge in [0, 0.05) is 11.8 Å². The van der Waals surface area contributed by atoms with Crippen LogP contribution in [0.4, 0.5) is 23.0 Å². The summed E-state index contributed by atoms with van der Waals surface area (Å²) in [5, 5.41) is 6.32. The molecule has 3 aromatic rings. The molecule has 0 unspecified atom stereocenters. The minimum atomic E-state index is -0.408.